The number of hydrogen-bond acceptors (Lipinski definition) is 6. The molecule has 1 unspecified atom stereocenters. The van der Waals surface area contributed by atoms with Crippen molar-refractivity contribution in [3.05, 3.63) is 42.7 Å². The van der Waals surface area contributed by atoms with E-state index >= 15 is 0 Å². The summed E-state index contributed by atoms with van der Waals surface area (Å²) < 4.78 is 5.32. The topological polar surface area (TPSA) is 90.1 Å². The van der Waals surface area contributed by atoms with Crippen LogP contribution in [0.15, 0.2) is 52.8 Å². The van der Waals surface area contributed by atoms with Crippen molar-refractivity contribution in [2.75, 3.05) is 18.5 Å². The number of carbonyl (C=O) groups is 1. The number of nitrogens with two attached hydrogens (primary N) is 1. The lowest BCUT2D eigenvalue weighted by Crippen LogP contribution is -2.44. The number of anilines is 1. The van der Waals surface area contributed by atoms with E-state index < -0.39 is 6.04 Å². The van der Waals surface area contributed by atoms with Gasteiger partial charge in [0.2, 0.25) is 5.91 Å². The highest BCUT2D eigenvalue weighted by Gasteiger charge is 2.26. The summed E-state index contributed by atoms with van der Waals surface area (Å²) >= 11 is 1.44. The van der Waals surface area contributed by atoms with Gasteiger partial charge in [-0.3, -0.25) is 4.79 Å². The molecule has 0 aliphatic carbocycles. The first kappa shape index (κ1) is 16.9. The van der Waals surface area contributed by atoms with Gasteiger partial charge in [-0.15, -0.1) is 0 Å². The molecule has 3 rings (SSSR count). The molecule has 3 N–H and O–H groups in total. The SMILES string of the molecule is NC(C(=O)Nc1ccnc(Sc2ccccn2)c1)C1CCOCC1. The van der Waals surface area contributed by atoms with Crippen LogP contribution in [0.25, 0.3) is 0 Å². The quantitative estimate of drug-likeness (QED) is 0.865. The number of ether oxygens (including phenoxy) is 1. The fourth-order valence-corrected chi connectivity index (χ4v) is 3.35. The average Bonchev–Trinajstić information content (AvgIpc) is 2.63. The van der Waals surface area contributed by atoms with Crippen LogP contribution in [0.4, 0.5) is 5.69 Å². The predicted molar refractivity (Wildman–Crippen MR) is 92.7 cm³/mol. The summed E-state index contributed by atoms with van der Waals surface area (Å²) in [6.45, 7) is 1.34. The second-order valence-corrected chi connectivity index (χ2v) is 6.66. The van der Waals surface area contributed by atoms with Gasteiger partial charge in [0, 0.05) is 31.3 Å². The summed E-state index contributed by atoms with van der Waals surface area (Å²) in [6, 6.07) is 8.78. The number of rotatable bonds is 5. The molecule has 1 saturated heterocycles. The standard InChI is InChI=1S/C17H20N4O2S/c18-16(12-5-9-23-10-6-12)17(22)21-13-4-8-20-15(11-13)24-14-3-1-2-7-19-14/h1-4,7-8,11-12,16H,5-6,9-10,18H2,(H,20,21,22). The van der Waals surface area contributed by atoms with Crippen molar-refractivity contribution < 1.29 is 9.53 Å². The van der Waals surface area contributed by atoms with Crippen LogP contribution in [0.5, 0.6) is 0 Å². The molecule has 6 nitrogen and oxygen atoms in total. The number of nitrogens with zero attached hydrogens (tertiary/aromatic N) is 2. The van der Waals surface area contributed by atoms with Gasteiger partial charge in [0.1, 0.15) is 10.1 Å². The van der Waals surface area contributed by atoms with Crippen LogP contribution in [-0.4, -0.2) is 35.1 Å². The molecule has 0 bridgehead atoms. The Balaban J connectivity index is 1.62. The minimum Gasteiger partial charge on any atom is -0.381 e. The molecule has 1 fully saturated rings. The van der Waals surface area contributed by atoms with Gasteiger partial charge < -0.3 is 15.8 Å². The molecule has 1 amide bonds. The van der Waals surface area contributed by atoms with Crippen LogP contribution in [0.2, 0.25) is 0 Å². The molecule has 0 saturated carbocycles. The molecular formula is C17H20N4O2S. The number of hydrogen-bond donors (Lipinski definition) is 2. The first-order valence-electron chi connectivity index (χ1n) is 7.91. The van der Waals surface area contributed by atoms with Gasteiger partial charge in [0.15, 0.2) is 0 Å². The Bertz CT molecular complexity index is 677. The van der Waals surface area contributed by atoms with E-state index in [4.69, 9.17) is 10.5 Å². The van der Waals surface area contributed by atoms with Crippen LogP contribution in [0.3, 0.4) is 0 Å². The van der Waals surface area contributed by atoms with E-state index in [0.717, 1.165) is 22.9 Å². The highest BCUT2D eigenvalue weighted by atomic mass is 32.2. The lowest BCUT2D eigenvalue weighted by Gasteiger charge is -2.26. The van der Waals surface area contributed by atoms with Crippen molar-refractivity contribution >= 4 is 23.4 Å². The fraction of sp³-hybridized carbons (Fsp3) is 0.353. The molecule has 1 atom stereocenters. The van der Waals surface area contributed by atoms with E-state index in [0.29, 0.717) is 18.9 Å². The van der Waals surface area contributed by atoms with Gasteiger partial charge in [-0.2, -0.15) is 0 Å². The first-order chi connectivity index (χ1) is 11.7. The molecule has 0 spiro atoms. The second kappa shape index (κ2) is 8.23. The summed E-state index contributed by atoms with van der Waals surface area (Å²) in [5.41, 5.74) is 6.79. The molecule has 0 radical (unpaired) electrons. The van der Waals surface area contributed by atoms with E-state index in [9.17, 15) is 4.79 Å². The Morgan fingerprint density at radius 3 is 2.75 bits per heavy atom. The summed E-state index contributed by atoms with van der Waals surface area (Å²) in [4.78, 5) is 20.9. The highest BCUT2D eigenvalue weighted by Crippen LogP contribution is 2.26. The highest BCUT2D eigenvalue weighted by molar-refractivity contribution is 7.99. The monoisotopic (exact) mass is 344 g/mol. The van der Waals surface area contributed by atoms with Crippen molar-refractivity contribution in [2.24, 2.45) is 11.7 Å². The van der Waals surface area contributed by atoms with Crippen molar-refractivity contribution in [3.63, 3.8) is 0 Å². The Labute approximate surface area is 145 Å². The zero-order valence-electron chi connectivity index (χ0n) is 13.2. The summed E-state index contributed by atoms with van der Waals surface area (Å²) in [7, 11) is 0. The van der Waals surface area contributed by atoms with Crippen molar-refractivity contribution in [1.82, 2.24) is 9.97 Å². The molecule has 24 heavy (non-hydrogen) atoms. The van der Waals surface area contributed by atoms with Crippen LogP contribution in [-0.2, 0) is 9.53 Å². The Morgan fingerprint density at radius 1 is 1.21 bits per heavy atom. The Kier molecular flexibility index (Phi) is 5.79. The minimum atomic E-state index is -0.519. The zero-order chi connectivity index (χ0) is 16.8. The summed E-state index contributed by atoms with van der Waals surface area (Å²) in [6.07, 6.45) is 5.05. The van der Waals surface area contributed by atoms with Crippen LogP contribution < -0.4 is 11.1 Å². The van der Waals surface area contributed by atoms with Gasteiger partial charge in [0.05, 0.1) is 6.04 Å². The fourth-order valence-electron chi connectivity index (χ4n) is 2.57. The molecule has 126 valence electrons. The second-order valence-electron chi connectivity index (χ2n) is 5.62. The van der Waals surface area contributed by atoms with Crippen molar-refractivity contribution in [1.29, 1.82) is 0 Å². The van der Waals surface area contributed by atoms with E-state index in [1.54, 1.807) is 18.5 Å². The van der Waals surface area contributed by atoms with E-state index in [-0.39, 0.29) is 11.8 Å². The third kappa shape index (κ3) is 4.53. The Morgan fingerprint density at radius 2 is 2.00 bits per heavy atom. The normalized spacial score (nSPS) is 16.5. The van der Waals surface area contributed by atoms with Crippen LogP contribution >= 0.6 is 11.8 Å². The maximum absolute atomic E-state index is 12.4. The molecule has 1 aliphatic heterocycles. The van der Waals surface area contributed by atoms with Crippen molar-refractivity contribution in [2.45, 2.75) is 28.9 Å². The number of nitrogens with one attached hydrogen (secondary N) is 1. The van der Waals surface area contributed by atoms with Gasteiger partial charge >= 0.3 is 0 Å². The van der Waals surface area contributed by atoms with Gasteiger partial charge in [0.25, 0.3) is 0 Å². The maximum Gasteiger partial charge on any atom is 0.241 e. The van der Waals surface area contributed by atoms with Crippen LogP contribution in [0, 0.1) is 5.92 Å². The van der Waals surface area contributed by atoms with E-state index in [1.807, 2.05) is 24.3 Å². The number of aromatic nitrogens is 2. The molecule has 0 aromatic carbocycles. The largest absolute Gasteiger partial charge is 0.381 e. The molecule has 2 aromatic rings. The molecule has 7 heteroatoms. The Hall–Kier alpha value is -1.96. The van der Waals surface area contributed by atoms with Gasteiger partial charge in [-0.1, -0.05) is 17.8 Å². The molecular weight excluding hydrogens is 324 g/mol. The predicted octanol–water partition coefficient (Wildman–Crippen LogP) is 2.32. The van der Waals surface area contributed by atoms with E-state index in [1.165, 1.54) is 11.8 Å². The lowest BCUT2D eigenvalue weighted by molar-refractivity contribution is -0.119. The number of pyridine rings is 2. The molecule has 2 aromatic heterocycles. The minimum absolute atomic E-state index is 0.165. The van der Waals surface area contributed by atoms with Crippen molar-refractivity contribution in [3.8, 4) is 0 Å². The third-order valence-corrected chi connectivity index (χ3v) is 4.81. The molecule has 3 heterocycles. The third-order valence-electron chi connectivity index (χ3n) is 3.93. The summed E-state index contributed by atoms with van der Waals surface area (Å²) in [5, 5.41) is 4.51. The van der Waals surface area contributed by atoms with Gasteiger partial charge in [-0.05, 0) is 43.0 Å². The molecule has 1 aliphatic rings. The van der Waals surface area contributed by atoms with Gasteiger partial charge in [-0.25, -0.2) is 9.97 Å². The number of amides is 1. The number of carbonyl (C=O) groups excluding carboxylic acids is 1. The first-order valence-corrected chi connectivity index (χ1v) is 8.73. The lowest BCUT2D eigenvalue weighted by atomic mass is 9.92. The smallest absolute Gasteiger partial charge is 0.241 e. The average molecular weight is 344 g/mol. The maximum atomic E-state index is 12.4. The van der Waals surface area contributed by atoms with Crippen LogP contribution in [0.1, 0.15) is 12.8 Å². The van der Waals surface area contributed by atoms with E-state index in [2.05, 4.69) is 15.3 Å². The zero-order valence-corrected chi connectivity index (χ0v) is 14.0. The summed E-state index contributed by atoms with van der Waals surface area (Å²) in [5.74, 6) is 0.00448.